The van der Waals surface area contributed by atoms with Gasteiger partial charge in [-0.05, 0) is 24.3 Å². The SMILES string of the molecule is COc1ccc(Oc2ccc(OC)c(N)c2)cc1N. The van der Waals surface area contributed by atoms with Crippen LogP contribution in [0.25, 0.3) is 0 Å². The van der Waals surface area contributed by atoms with Crippen LogP contribution in [0.2, 0.25) is 0 Å². The van der Waals surface area contributed by atoms with Gasteiger partial charge in [0.1, 0.15) is 23.0 Å². The van der Waals surface area contributed by atoms with Crippen molar-refractivity contribution >= 4 is 11.4 Å². The third-order valence-corrected chi connectivity index (χ3v) is 2.64. The normalized spacial score (nSPS) is 10.0. The summed E-state index contributed by atoms with van der Waals surface area (Å²) >= 11 is 0. The van der Waals surface area contributed by atoms with E-state index >= 15 is 0 Å². The molecule has 0 aliphatic rings. The predicted octanol–water partition coefficient (Wildman–Crippen LogP) is 2.66. The van der Waals surface area contributed by atoms with E-state index in [4.69, 9.17) is 25.7 Å². The number of rotatable bonds is 4. The van der Waals surface area contributed by atoms with Crippen molar-refractivity contribution in [2.45, 2.75) is 0 Å². The molecular formula is C14H16N2O3. The molecule has 0 saturated carbocycles. The summed E-state index contributed by atoms with van der Waals surface area (Å²) in [7, 11) is 3.13. The molecule has 2 rings (SSSR count). The number of methoxy groups -OCH3 is 2. The summed E-state index contributed by atoms with van der Waals surface area (Å²) in [5.41, 5.74) is 12.7. The van der Waals surface area contributed by atoms with Crippen LogP contribution in [-0.4, -0.2) is 14.2 Å². The van der Waals surface area contributed by atoms with Crippen LogP contribution in [-0.2, 0) is 0 Å². The van der Waals surface area contributed by atoms with Crippen molar-refractivity contribution in [1.82, 2.24) is 0 Å². The van der Waals surface area contributed by atoms with Gasteiger partial charge in [0.05, 0.1) is 25.6 Å². The Balaban J connectivity index is 2.21. The smallest absolute Gasteiger partial charge is 0.142 e. The fourth-order valence-corrected chi connectivity index (χ4v) is 1.69. The molecule has 0 amide bonds. The van der Waals surface area contributed by atoms with Crippen LogP contribution in [0, 0.1) is 0 Å². The lowest BCUT2D eigenvalue weighted by molar-refractivity contribution is 0.413. The highest BCUT2D eigenvalue weighted by molar-refractivity contribution is 5.59. The zero-order valence-electron chi connectivity index (χ0n) is 10.8. The molecule has 0 fully saturated rings. The van der Waals surface area contributed by atoms with Crippen molar-refractivity contribution in [2.24, 2.45) is 0 Å². The quantitative estimate of drug-likeness (QED) is 0.826. The molecule has 5 heteroatoms. The summed E-state index contributed by atoms with van der Waals surface area (Å²) < 4.78 is 15.8. The highest BCUT2D eigenvalue weighted by atomic mass is 16.5. The zero-order valence-corrected chi connectivity index (χ0v) is 10.8. The van der Waals surface area contributed by atoms with Gasteiger partial charge in [0.25, 0.3) is 0 Å². The van der Waals surface area contributed by atoms with Gasteiger partial charge < -0.3 is 25.7 Å². The fourth-order valence-electron chi connectivity index (χ4n) is 1.69. The van der Waals surface area contributed by atoms with Gasteiger partial charge in [-0.15, -0.1) is 0 Å². The van der Waals surface area contributed by atoms with E-state index in [1.165, 1.54) is 0 Å². The van der Waals surface area contributed by atoms with Gasteiger partial charge in [0, 0.05) is 12.1 Å². The molecule has 2 aromatic carbocycles. The van der Waals surface area contributed by atoms with Crippen molar-refractivity contribution < 1.29 is 14.2 Å². The summed E-state index contributed by atoms with van der Waals surface area (Å²) in [6, 6.07) is 10.4. The van der Waals surface area contributed by atoms with Crippen LogP contribution in [0.5, 0.6) is 23.0 Å². The van der Waals surface area contributed by atoms with Crippen LogP contribution in [0.3, 0.4) is 0 Å². The second-order valence-corrected chi connectivity index (χ2v) is 3.91. The maximum atomic E-state index is 5.81. The zero-order chi connectivity index (χ0) is 13.8. The summed E-state index contributed by atoms with van der Waals surface area (Å²) in [5, 5.41) is 0. The van der Waals surface area contributed by atoms with Crippen molar-refractivity contribution in [3.63, 3.8) is 0 Å². The summed E-state index contributed by atoms with van der Waals surface area (Å²) in [4.78, 5) is 0. The van der Waals surface area contributed by atoms with E-state index in [9.17, 15) is 0 Å². The van der Waals surface area contributed by atoms with Crippen molar-refractivity contribution in [2.75, 3.05) is 25.7 Å². The first-order chi connectivity index (χ1) is 9.13. The Morgan fingerprint density at radius 2 is 1.16 bits per heavy atom. The van der Waals surface area contributed by atoms with Gasteiger partial charge >= 0.3 is 0 Å². The number of hydrogen-bond donors (Lipinski definition) is 2. The molecule has 19 heavy (non-hydrogen) atoms. The second-order valence-electron chi connectivity index (χ2n) is 3.91. The Hall–Kier alpha value is -2.56. The summed E-state index contributed by atoms with van der Waals surface area (Å²) in [5.74, 6) is 2.45. The second kappa shape index (κ2) is 5.39. The van der Waals surface area contributed by atoms with Gasteiger partial charge in [-0.25, -0.2) is 0 Å². The molecule has 2 aromatic rings. The van der Waals surface area contributed by atoms with Crippen LogP contribution in [0.4, 0.5) is 11.4 Å². The molecule has 0 heterocycles. The van der Waals surface area contributed by atoms with Crippen molar-refractivity contribution in [1.29, 1.82) is 0 Å². The number of ether oxygens (including phenoxy) is 3. The molecule has 0 bridgehead atoms. The first kappa shape index (κ1) is 12.9. The lowest BCUT2D eigenvalue weighted by atomic mass is 10.2. The lowest BCUT2D eigenvalue weighted by Gasteiger charge is -2.10. The van der Waals surface area contributed by atoms with Crippen molar-refractivity contribution in [3.8, 4) is 23.0 Å². The average molecular weight is 260 g/mol. The Labute approximate surface area is 111 Å². The third-order valence-electron chi connectivity index (χ3n) is 2.64. The number of benzene rings is 2. The molecule has 0 radical (unpaired) electrons. The number of hydrogen-bond acceptors (Lipinski definition) is 5. The minimum atomic E-state index is 0.515. The molecule has 0 aliphatic heterocycles. The Morgan fingerprint density at radius 3 is 1.47 bits per heavy atom. The van der Waals surface area contributed by atoms with Gasteiger partial charge in [0.2, 0.25) is 0 Å². The van der Waals surface area contributed by atoms with Crippen LogP contribution < -0.4 is 25.7 Å². The van der Waals surface area contributed by atoms with Gasteiger partial charge in [-0.1, -0.05) is 0 Å². The maximum absolute atomic E-state index is 5.81. The third kappa shape index (κ3) is 2.82. The van der Waals surface area contributed by atoms with E-state index in [-0.39, 0.29) is 0 Å². The standard InChI is InChI=1S/C14H16N2O3/c1-17-13-5-3-9(7-11(13)15)19-10-4-6-14(18-2)12(16)8-10/h3-8H,15-16H2,1-2H3. The molecule has 0 spiro atoms. The molecule has 0 aromatic heterocycles. The highest BCUT2D eigenvalue weighted by Crippen LogP contribution is 2.32. The summed E-state index contributed by atoms with van der Waals surface area (Å²) in [6.07, 6.45) is 0. The van der Waals surface area contributed by atoms with Crippen LogP contribution >= 0.6 is 0 Å². The predicted molar refractivity (Wildman–Crippen MR) is 74.9 cm³/mol. The monoisotopic (exact) mass is 260 g/mol. The summed E-state index contributed by atoms with van der Waals surface area (Å²) in [6.45, 7) is 0. The van der Waals surface area contributed by atoms with E-state index < -0.39 is 0 Å². The fraction of sp³-hybridized carbons (Fsp3) is 0.143. The van der Waals surface area contributed by atoms with Gasteiger partial charge in [-0.3, -0.25) is 0 Å². The molecule has 0 saturated heterocycles. The molecule has 4 N–H and O–H groups in total. The number of nitrogen functional groups attached to an aromatic ring is 2. The first-order valence-electron chi connectivity index (χ1n) is 5.69. The minimum Gasteiger partial charge on any atom is -0.495 e. The number of anilines is 2. The van der Waals surface area contributed by atoms with Gasteiger partial charge in [0.15, 0.2) is 0 Å². The molecule has 5 nitrogen and oxygen atoms in total. The topological polar surface area (TPSA) is 79.7 Å². The lowest BCUT2D eigenvalue weighted by Crippen LogP contribution is -1.95. The van der Waals surface area contributed by atoms with E-state index in [1.54, 1.807) is 50.6 Å². The Morgan fingerprint density at radius 1 is 0.737 bits per heavy atom. The van der Waals surface area contributed by atoms with Crippen LogP contribution in [0.1, 0.15) is 0 Å². The molecule has 0 atom stereocenters. The van der Waals surface area contributed by atoms with Gasteiger partial charge in [-0.2, -0.15) is 0 Å². The van der Waals surface area contributed by atoms with Crippen LogP contribution in [0.15, 0.2) is 36.4 Å². The largest absolute Gasteiger partial charge is 0.495 e. The van der Waals surface area contributed by atoms with E-state index in [2.05, 4.69) is 0 Å². The van der Waals surface area contributed by atoms with E-state index in [0.29, 0.717) is 34.4 Å². The Kier molecular flexibility index (Phi) is 3.66. The molecule has 0 unspecified atom stereocenters. The van der Waals surface area contributed by atoms with Crippen molar-refractivity contribution in [3.05, 3.63) is 36.4 Å². The molecule has 100 valence electrons. The number of nitrogens with two attached hydrogens (primary N) is 2. The first-order valence-corrected chi connectivity index (χ1v) is 5.69. The van der Waals surface area contributed by atoms with E-state index in [1.807, 2.05) is 0 Å². The molecule has 0 aliphatic carbocycles. The Bertz CT molecular complexity index is 533. The van der Waals surface area contributed by atoms with E-state index in [0.717, 1.165) is 0 Å². The molecular weight excluding hydrogens is 244 g/mol. The average Bonchev–Trinajstić information content (AvgIpc) is 2.39. The highest BCUT2D eigenvalue weighted by Gasteiger charge is 2.05. The minimum absolute atomic E-state index is 0.515. The maximum Gasteiger partial charge on any atom is 0.142 e.